The minimum atomic E-state index is -0.236. The Balaban J connectivity index is 1.59. The van der Waals surface area contributed by atoms with Crippen LogP contribution in [0, 0.1) is 0 Å². The molecular weight excluding hydrogens is 390 g/mol. The summed E-state index contributed by atoms with van der Waals surface area (Å²) in [6.07, 6.45) is 1.93. The number of carbonyl (C=O) groups excluding carboxylic acids is 1. The number of fused-ring (bicyclic) bond motifs is 1. The van der Waals surface area contributed by atoms with Gasteiger partial charge in [0.25, 0.3) is 5.56 Å². The van der Waals surface area contributed by atoms with E-state index in [9.17, 15) is 9.59 Å². The van der Waals surface area contributed by atoms with E-state index in [4.69, 9.17) is 0 Å². The third kappa shape index (κ3) is 3.74. The van der Waals surface area contributed by atoms with Crippen LogP contribution in [0.4, 0.5) is 5.69 Å². The summed E-state index contributed by atoms with van der Waals surface area (Å²) in [6.45, 7) is 0. The molecule has 2 aromatic heterocycles. The summed E-state index contributed by atoms with van der Waals surface area (Å²) in [5, 5.41) is 20.6. The number of nitrogens with one attached hydrogen (secondary N) is 1. The Bertz CT molecular complexity index is 1260. The third-order valence-electron chi connectivity index (χ3n) is 4.36. The van der Waals surface area contributed by atoms with Gasteiger partial charge < -0.3 is 5.32 Å². The first-order valence-corrected chi connectivity index (χ1v) is 9.97. The summed E-state index contributed by atoms with van der Waals surface area (Å²) in [6, 6.07) is 14.4. The zero-order chi connectivity index (χ0) is 20.4. The van der Waals surface area contributed by atoms with Crippen molar-refractivity contribution in [2.45, 2.75) is 11.6 Å². The molecule has 0 saturated carbocycles. The second-order valence-corrected chi connectivity index (χ2v) is 7.05. The van der Waals surface area contributed by atoms with Crippen molar-refractivity contribution in [2.24, 2.45) is 7.05 Å². The minimum absolute atomic E-state index is 0.0415. The number of rotatable bonds is 5. The van der Waals surface area contributed by atoms with Crippen molar-refractivity contribution in [1.29, 1.82) is 0 Å². The van der Waals surface area contributed by atoms with Crippen LogP contribution < -0.4 is 10.9 Å². The van der Waals surface area contributed by atoms with Gasteiger partial charge >= 0.3 is 0 Å². The molecule has 0 radical (unpaired) electrons. The average molecular weight is 407 g/mol. The van der Waals surface area contributed by atoms with E-state index >= 15 is 0 Å². The molecular formula is C19H17N7O2S. The quantitative estimate of drug-likeness (QED) is 0.503. The van der Waals surface area contributed by atoms with E-state index in [1.165, 1.54) is 16.4 Å². The number of aromatic nitrogens is 6. The molecule has 0 aliphatic heterocycles. The molecule has 0 fully saturated rings. The lowest BCUT2D eigenvalue weighted by atomic mass is 10.1. The molecule has 10 heteroatoms. The lowest BCUT2D eigenvalue weighted by Crippen LogP contribution is -2.24. The van der Waals surface area contributed by atoms with Gasteiger partial charge in [-0.2, -0.15) is 9.78 Å². The fraction of sp³-hybridized carbons (Fsp3) is 0.158. The zero-order valence-corrected chi connectivity index (χ0v) is 16.6. The first-order valence-electron chi connectivity index (χ1n) is 8.74. The smallest absolute Gasteiger partial charge is 0.274 e. The molecule has 2 heterocycles. The van der Waals surface area contributed by atoms with Gasteiger partial charge in [-0.1, -0.05) is 36.0 Å². The number of aryl methyl sites for hydroxylation is 1. The second kappa shape index (κ2) is 7.84. The number of nitrogens with zero attached hydrogens (tertiary/aromatic N) is 6. The Hall–Kier alpha value is -3.53. The van der Waals surface area contributed by atoms with Crippen molar-refractivity contribution in [3.8, 4) is 5.69 Å². The maximum Gasteiger partial charge on any atom is 0.274 e. The van der Waals surface area contributed by atoms with E-state index in [0.717, 1.165) is 5.69 Å². The molecule has 0 aliphatic carbocycles. The Kier molecular flexibility index (Phi) is 5.09. The highest BCUT2D eigenvalue weighted by Crippen LogP contribution is 2.19. The molecule has 0 unspecified atom stereocenters. The van der Waals surface area contributed by atoms with Crippen molar-refractivity contribution >= 4 is 34.1 Å². The molecule has 0 bridgehead atoms. The van der Waals surface area contributed by atoms with Crippen LogP contribution in [0.3, 0.4) is 0 Å². The molecule has 146 valence electrons. The summed E-state index contributed by atoms with van der Waals surface area (Å²) < 4.78 is 2.86. The second-order valence-electron chi connectivity index (χ2n) is 6.27. The molecule has 29 heavy (non-hydrogen) atoms. The Morgan fingerprint density at radius 2 is 1.93 bits per heavy atom. The largest absolute Gasteiger partial charge is 0.326 e. The Morgan fingerprint density at radius 3 is 2.72 bits per heavy atom. The van der Waals surface area contributed by atoms with E-state index in [0.29, 0.717) is 27.3 Å². The Labute approximate surface area is 169 Å². The first-order chi connectivity index (χ1) is 14.1. The molecule has 0 spiro atoms. The van der Waals surface area contributed by atoms with Crippen LogP contribution in [0.5, 0.6) is 0 Å². The van der Waals surface area contributed by atoms with E-state index in [-0.39, 0.29) is 17.9 Å². The van der Waals surface area contributed by atoms with Gasteiger partial charge in [0.1, 0.15) is 0 Å². The number of carbonyl (C=O) groups is 1. The number of thioether (sulfide) groups is 1. The molecule has 9 nitrogen and oxygen atoms in total. The van der Waals surface area contributed by atoms with Gasteiger partial charge in [-0.15, -0.1) is 5.10 Å². The number of tetrazole rings is 1. The summed E-state index contributed by atoms with van der Waals surface area (Å²) in [7, 11) is 1.58. The van der Waals surface area contributed by atoms with Gasteiger partial charge in [-0.25, -0.2) is 4.68 Å². The number of amides is 1. The van der Waals surface area contributed by atoms with Crippen LogP contribution in [0.25, 0.3) is 16.5 Å². The van der Waals surface area contributed by atoms with Gasteiger partial charge in [0.15, 0.2) is 0 Å². The molecule has 0 aliphatic rings. The average Bonchev–Trinajstić information content (AvgIpc) is 3.21. The predicted octanol–water partition coefficient (Wildman–Crippen LogP) is 1.81. The molecule has 0 saturated heterocycles. The Morgan fingerprint density at radius 1 is 1.14 bits per heavy atom. The van der Waals surface area contributed by atoms with Crippen LogP contribution in [0.1, 0.15) is 5.69 Å². The first kappa shape index (κ1) is 18.8. The molecule has 2 aromatic carbocycles. The van der Waals surface area contributed by atoms with Crippen LogP contribution in [-0.4, -0.2) is 42.2 Å². The van der Waals surface area contributed by atoms with Crippen molar-refractivity contribution in [1.82, 2.24) is 30.0 Å². The van der Waals surface area contributed by atoms with E-state index in [1.54, 1.807) is 42.1 Å². The maximum atomic E-state index is 12.7. The zero-order valence-electron chi connectivity index (χ0n) is 15.7. The highest BCUT2D eigenvalue weighted by molar-refractivity contribution is 7.98. The minimum Gasteiger partial charge on any atom is -0.326 e. The third-order valence-corrected chi connectivity index (χ3v) is 4.98. The van der Waals surface area contributed by atoms with Gasteiger partial charge in [0.05, 0.1) is 23.2 Å². The van der Waals surface area contributed by atoms with Crippen LogP contribution in [0.15, 0.2) is 58.5 Å². The summed E-state index contributed by atoms with van der Waals surface area (Å²) >= 11 is 1.43. The van der Waals surface area contributed by atoms with Crippen LogP contribution in [0.2, 0.25) is 0 Å². The number of hydrogen-bond donors (Lipinski definition) is 1. The molecule has 4 aromatic rings. The number of hydrogen-bond acceptors (Lipinski definition) is 7. The fourth-order valence-electron chi connectivity index (χ4n) is 3.05. The molecule has 4 rings (SSSR count). The van der Waals surface area contributed by atoms with Crippen molar-refractivity contribution < 1.29 is 4.79 Å². The topological polar surface area (TPSA) is 108 Å². The van der Waals surface area contributed by atoms with Crippen molar-refractivity contribution in [3.05, 3.63) is 64.6 Å². The lowest BCUT2D eigenvalue weighted by Gasteiger charge is -2.10. The van der Waals surface area contributed by atoms with Gasteiger partial charge in [-0.3, -0.25) is 9.59 Å². The van der Waals surface area contributed by atoms with Crippen molar-refractivity contribution in [3.63, 3.8) is 0 Å². The van der Waals surface area contributed by atoms with Gasteiger partial charge in [0.2, 0.25) is 11.1 Å². The van der Waals surface area contributed by atoms with Gasteiger partial charge in [-0.05, 0) is 40.9 Å². The summed E-state index contributed by atoms with van der Waals surface area (Å²) in [5.41, 5.74) is 1.71. The van der Waals surface area contributed by atoms with E-state index in [1.807, 2.05) is 24.5 Å². The fourth-order valence-corrected chi connectivity index (χ4v) is 3.48. The highest BCUT2D eigenvalue weighted by Gasteiger charge is 2.13. The van der Waals surface area contributed by atoms with Gasteiger partial charge in [0, 0.05) is 18.1 Å². The monoisotopic (exact) mass is 407 g/mol. The molecule has 1 amide bonds. The van der Waals surface area contributed by atoms with Crippen molar-refractivity contribution in [2.75, 3.05) is 11.6 Å². The lowest BCUT2D eigenvalue weighted by molar-refractivity contribution is -0.115. The highest BCUT2D eigenvalue weighted by atomic mass is 32.2. The number of anilines is 1. The predicted molar refractivity (Wildman–Crippen MR) is 110 cm³/mol. The molecule has 1 N–H and O–H groups in total. The SMILES string of the molecule is CSc1nnnn1-c1cccc(NC(=O)Cc2nn(C)c(=O)c3ccccc23)c1. The van der Waals surface area contributed by atoms with Crippen LogP contribution >= 0.6 is 11.8 Å². The standard InChI is InChI=1S/C19H17N7O2S/c1-25-18(28)15-9-4-3-8-14(15)16(22-25)11-17(27)20-12-6-5-7-13(10-12)26-19(29-2)21-23-24-26/h3-10H,11H2,1-2H3,(H,20,27). The van der Waals surface area contributed by atoms with Crippen LogP contribution in [-0.2, 0) is 18.3 Å². The molecule has 0 atom stereocenters. The number of benzene rings is 2. The summed E-state index contributed by atoms with van der Waals surface area (Å²) in [5.74, 6) is -0.236. The van der Waals surface area contributed by atoms with E-state index in [2.05, 4.69) is 25.9 Å². The van der Waals surface area contributed by atoms with E-state index < -0.39 is 0 Å². The summed E-state index contributed by atoms with van der Waals surface area (Å²) in [4.78, 5) is 24.9. The maximum absolute atomic E-state index is 12.7. The normalized spacial score (nSPS) is 11.0.